The van der Waals surface area contributed by atoms with Gasteiger partial charge in [-0.3, -0.25) is 4.79 Å². The fourth-order valence-corrected chi connectivity index (χ4v) is 5.52. The van der Waals surface area contributed by atoms with Gasteiger partial charge in [-0.15, -0.1) is 11.3 Å². The number of alkyl halides is 3. The number of thiazole rings is 1. The van der Waals surface area contributed by atoms with Gasteiger partial charge in [0.1, 0.15) is 21.5 Å². The van der Waals surface area contributed by atoms with Gasteiger partial charge in [0.25, 0.3) is 5.91 Å². The van der Waals surface area contributed by atoms with Crippen LogP contribution >= 0.6 is 11.3 Å². The van der Waals surface area contributed by atoms with Gasteiger partial charge in [-0.1, -0.05) is 44.2 Å². The summed E-state index contributed by atoms with van der Waals surface area (Å²) >= 11 is 0.695. The lowest BCUT2D eigenvalue weighted by Crippen LogP contribution is -2.50. The minimum absolute atomic E-state index is 0.0966. The van der Waals surface area contributed by atoms with E-state index >= 15 is 0 Å². The van der Waals surface area contributed by atoms with Crippen LogP contribution in [0.5, 0.6) is 0 Å². The first-order chi connectivity index (χ1) is 21.6. The van der Waals surface area contributed by atoms with E-state index in [4.69, 9.17) is 0 Å². The molecule has 2 aromatic heterocycles. The molecule has 4 aromatic rings. The number of urea groups is 1. The van der Waals surface area contributed by atoms with Crippen molar-refractivity contribution in [2.75, 3.05) is 53.7 Å². The number of piperazine rings is 1. The summed E-state index contributed by atoms with van der Waals surface area (Å²) in [6, 6.07) is 17.8. The van der Waals surface area contributed by atoms with E-state index in [-0.39, 0.29) is 22.9 Å². The number of carbonyl (C=O) groups is 2. The summed E-state index contributed by atoms with van der Waals surface area (Å²) in [6.07, 6.45) is -3.44. The van der Waals surface area contributed by atoms with Gasteiger partial charge in [0, 0.05) is 38.9 Å². The van der Waals surface area contributed by atoms with Crippen molar-refractivity contribution < 1.29 is 27.2 Å². The summed E-state index contributed by atoms with van der Waals surface area (Å²) < 4.78 is 55.2. The maximum absolute atomic E-state index is 13.9. The number of amides is 3. The standard InChI is InChI=1S/C29H27F4N7O2S.C2H6/c1-38(20-7-3-2-4-8-20)18-24-37-26(29(31,32)33)25(43-24)27(41)35-19-11-12-23(34-17-19)39-13-15-40(16-14-39)28(42)36-22-10-6-5-9-21(22)30;1-2/h2-12,17H,13-16,18H2,1H3,(H,35,41)(H,36,42);1-2H3. The zero-order valence-electron chi connectivity index (χ0n) is 24.9. The van der Waals surface area contributed by atoms with Crippen molar-refractivity contribution in [2.45, 2.75) is 26.6 Å². The number of nitrogens with one attached hydrogen (secondary N) is 2. The smallest absolute Gasteiger partial charge is 0.368 e. The molecule has 0 unspecified atom stereocenters. The predicted molar refractivity (Wildman–Crippen MR) is 168 cm³/mol. The molecule has 9 nitrogen and oxygen atoms in total. The van der Waals surface area contributed by atoms with Crippen LogP contribution in [0.1, 0.15) is 34.2 Å². The van der Waals surface area contributed by atoms with Crippen LogP contribution in [0.15, 0.2) is 72.9 Å². The molecule has 1 aliphatic heterocycles. The maximum atomic E-state index is 13.9. The Hall–Kier alpha value is -4.72. The first-order valence-electron chi connectivity index (χ1n) is 14.2. The molecule has 0 atom stereocenters. The number of hydrogen-bond acceptors (Lipinski definition) is 7. The van der Waals surface area contributed by atoms with Gasteiger partial charge in [-0.25, -0.2) is 19.2 Å². The van der Waals surface area contributed by atoms with Crippen molar-refractivity contribution in [3.8, 4) is 0 Å². The summed E-state index contributed by atoms with van der Waals surface area (Å²) in [4.78, 5) is 38.3. The molecule has 5 rings (SSSR count). The molecule has 1 aliphatic rings. The lowest BCUT2D eigenvalue weighted by molar-refractivity contribution is -0.141. The highest BCUT2D eigenvalue weighted by atomic mass is 32.1. The lowest BCUT2D eigenvalue weighted by atomic mass is 10.3. The van der Waals surface area contributed by atoms with Gasteiger partial charge in [-0.05, 0) is 36.4 Å². The molecule has 3 heterocycles. The Morgan fingerprint density at radius 1 is 0.933 bits per heavy atom. The molecule has 1 saturated heterocycles. The second-order valence-electron chi connectivity index (χ2n) is 9.72. The molecule has 45 heavy (non-hydrogen) atoms. The van der Waals surface area contributed by atoms with Crippen LogP contribution in [-0.4, -0.2) is 60.0 Å². The van der Waals surface area contributed by atoms with Crippen LogP contribution in [0.25, 0.3) is 0 Å². The Morgan fingerprint density at radius 2 is 1.60 bits per heavy atom. The van der Waals surface area contributed by atoms with Gasteiger partial charge in [0.2, 0.25) is 0 Å². The molecule has 2 N–H and O–H groups in total. The molecule has 14 heteroatoms. The number of nitrogens with zero attached hydrogens (tertiary/aromatic N) is 5. The third-order valence-electron chi connectivity index (χ3n) is 6.73. The minimum Gasteiger partial charge on any atom is -0.368 e. The number of carbonyl (C=O) groups excluding carboxylic acids is 2. The van der Waals surface area contributed by atoms with Gasteiger partial charge in [0.05, 0.1) is 24.1 Å². The highest BCUT2D eigenvalue weighted by Gasteiger charge is 2.39. The highest BCUT2D eigenvalue weighted by Crippen LogP contribution is 2.35. The molecule has 238 valence electrons. The van der Waals surface area contributed by atoms with E-state index in [2.05, 4.69) is 20.6 Å². The fourth-order valence-electron chi connectivity index (χ4n) is 4.49. The van der Waals surface area contributed by atoms with E-state index in [9.17, 15) is 27.2 Å². The number of pyridine rings is 1. The molecule has 0 radical (unpaired) electrons. The summed E-state index contributed by atoms with van der Waals surface area (Å²) in [5, 5.41) is 5.21. The second-order valence-corrected chi connectivity index (χ2v) is 10.8. The van der Waals surface area contributed by atoms with Crippen LogP contribution in [0, 0.1) is 5.82 Å². The average Bonchev–Trinajstić information content (AvgIpc) is 3.49. The fraction of sp³-hybridized carbons (Fsp3) is 0.290. The largest absolute Gasteiger partial charge is 0.435 e. The van der Waals surface area contributed by atoms with Gasteiger partial charge in [0.15, 0.2) is 5.69 Å². The number of halogens is 4. The lowest BCUT2D eigenvalue weighted by Gasteiger charge is -2.35. The van der Waals surface area contributed by atoms with Crippen molar-refractivity contribution >= 4 is 46.2 Å². The number of rotatable bonds is 7. The molecular weight excluding hydrogens is 610 g/mol. The van der Waals surface area contributed by atoms with Gasteiger partial charge < -0.3 is 25.3 Å². The van der Waals surface area contributed by atoms with Crippen molar-refractivity contribution in [1.82, 2.24) is 14.9 Å². The molecule has 0 bridgehead atoms. The minimum atomic E-state index is -4.80. The molecule has 0 saturated carbocycles. The Labute approximate surface area is 262 Å². The third kappa shape index (κ3) is 8.47. The van der Waals surface area contributed by atoms with E-state index in [1.165, 1.54) is 24.4 Å². The maximum Gasteiger partial charge on any atom is 0.435 e. The average molecular weight is 644 g/mol. The zero-order valence-corrected chi connectivity index (χ0v) is 25.8. The number of benzene rings is 2. The summed E-state index contributed by atoms with van der Waals surface area (Å²) in [5.74, 6) is -0.874. The monoisotopic (exact) mass is 643 g/mol. The SMILES string of the molecule is CC.CN(Cc1nc(C(F)(F)F)c(C(=O)Nc2ccc(N3CCN(C(=O)Nc4ccccc4F)CC3)nc2)s1)c1ccccc1. The normalized spacial score (nSPS) is 13.0. The molecule has 0 aliphatic carbocycles. The second kappa shape index (κ2) is 14.8. The van der Waals surface area contributed by atoms with E-state index in [0.29, 0.717) is 43.3 Å². The van der Waals surface area contributed by atoms with E-state index < -0.39 is 34.5 Å². The van der Waals surface area contributed by atoms with Crippen LogP contribution in [0.2, 0.25) is 0 Å². The Kier molecular flexibility index (Phi) is 10.9. The third-order valence-corrected chi connectivity index (χ3v) is 7.77. The quantitative estimate of drug-likeness (QED) is 0.212. The van der Waals surface area contributed by atoms with Crippen LogP contribution in [-0.2, 0) is 12.7 Å². The van der Waals surface area contributed by atoms with Crippen LogP contribution < -0.4 is 20.4 Å². The summed E-state index contributed by atoms with van der Waals surface area (Å²) in [6.45, 7) is 5.75. The Morgan fingerprint density at radius 3 is 2.22 bits per heavy atom. The zero-order chi connectivity index (χ0) is 32.6. The number of aromatic nitrogens is 2. The number of anilines is 4. The van der Waals surface area contributed by atoms with Crippen molar-refractivity contribution in [1.29, 1.82) is 0 Å². The molecule has 2 aromatic carbocycles. The van der Waals surface area contributed by atoms with Gasteiger partial charge >= 0.3 is 12.2 Å². The van der Waals surface area contributed by atoms with Crippen molar-refractivity contribution in [2.24, 2.45) is 0 Å². The predicted octanol–water partition coefficient (Wildman–Crippen LogP) is 6.97. The van der Waals surface area contributed by atoms with Crippen molar-refractivity contribution in [3.63, 3.8) is 0 Å². The molecule has 0 spiro atoms. The number of para-hydroxylation sites is 2. The summed E-state index contributed by atoms with van der Waals surface area (Å²) in [7, 11) is 1.73. The first-order valence-corrected chi connectivity index (χ1v) is 15.1. The number of hydrogen-bond donors (Lipinski definition) is 2. The summed E-state index contributed by atoms with van der Waals surface area (Å²) in [5.41, 5.74) is -0.101. The highest BCUT2D eigenvalue weighted by molar-refractivity contribution is 7.14. The topological polar surface area (TPSA) is 93.7 Å². The molecule has 1 fully saturated rings. The van der Waals surface area contributed by atoms with Gasteiger partial charge in [-0.2, -0.15) is 13.2 Å². The van der Waals surface area contributed by atoms with Crippen LogP contribution in [0.4, 0.5) is 45.2 Å². The molecule has 3 amide bonds. The first kappa shape index (κ1) is 33.2. The van der Waals surface area contributed by atoms with E-state index in [1.54, 1.807) is 35.0 Å². The van der Waals surface area contributed by atoms with E-state index in [1.807, 2.05) is 49.1 Å². The van der Waals surface area contributed by atoms with E-state index in [0.717, 1.165) is 5.69 Å². The van der Waals surface area contributed by atoms with Crippen molar-refractivity contribution in [3.05, 3.63) is 94.3 Å². The molecular formula is C31H33F4N7O2S. The Bertz CT molecular complexity index is 1580. The Balaban J connectivity index is 0.00000226. The van der Waals surface area contributed by atoms with Crippen LogP contribution in [0.3, 0.4) is 0 Å².